The van der Waals surface area contributed by atoms with Crippen LogP contribution in [-0.4, -0.2) is 47.2 Å². The van der Waals surface area contributed by atoms with Crippen molar-refractivity contribution < 1.29 is 8.42 Å². The molecule has 1 unspecified atom stereocenters. The summed E-state index contributed by atoms with van der Waals surface area (Å²) in [5.41, 5.74) is 1.69. The molecule has 1 atom stereocenters. The molecule has 102 valence electrons. The lowest BCUT2D eigenvalue weighted by atomic mass is 9.95. The van der Waals surface area contributed by atoms with Gasteiger partial charge in [-0.25, -0.2) is 17.7 Å². The van der Waals surface area contributed by atoms with E-state index in [1.54, 1.807) is 10.5 Å². The van der Waals surface area contributed by atoms with E-state index in [1.165, 1.54) is 6.26 Å². The van der Waals surface area contributed by atoms with Crippen molar-refractivity contribution in [3.8, 4) is 0 Å². The zero-order valence-corrected chi connectivity index (χ0v) is 11.5. The fraction of sp³-hybridized carbons (Fsp3) is 0.500. The third-order valence-corrected chi connectivity index (χ3v) is 4.86. The number of nitrogens with zero attached hydrogens (tertiary/aromatic N) is 3. The molecule has 1 aliphatic rings. The van der Waals surface area contributed by atoms with Gasteiger partial charge in [0.15, 0.2) is 5.65 Å². The van der Waals surface area contributed by atoms with Gasteiger partial charge in [-0.1, -0.05) is 0 Å². The molecule has 0 bridgehead atoms. The van der Waals surface area contributed by atoms with E-state index in [0.717, 1.165) is 29.6 Å². The first-order valence-corrected chi connectivity index (χ1v) is 8.14. The molecular formula is C12H16N4O2S. The van der Waals surface area contributed by atoms with Crippen molar-refractivity contribution in [2.75, 3.05) is 19.3 Å². The minimum Gasteiger partial charge on any atom is -0.261 e. The third-order valence-electron chi connectivity index (χ3n) is 3.59. The van der Waals surface area contributed by atoms with Crippen molar-refractivity contribution in [1.82, 2.24) is 19.5 Å². The molecule has 0 spiro atoms. The van der Waals surface area contributed by atoms with Gasteiger partial charge in [-0.2, -0.15) is 5.10 Å². The quantitative estimate of drug-likeness (QED) is 0.893. The van der Waals surface area contributed by atoms with Crippen LogP contribution in [0.15, 0.2) is 18.3 Å². The molecule has 2 aromatic rings. The molecule has 0 aromatic carbocycles. The van der Waals surface area contributed by atoms with E-state index >= 15 is 0 Å². The van der Waals surface area contributed by atoms with E-state index in [4.69, 9.17) is 0 Å². The Kier molecular flexibility index (Phi) is 3.02. The van der Waals surface area contributed by atoms with E-state index < -0.39 is 10.0 Å². The Bertz CT molecular complexity index is 695. The van der Waals surface area contributed by atoms with Crippen molar-refractivity contribution in [3.05, 3.63) is 24.0 Å². The van der Waals surface area contributed by atoms with Crippen LogP contribution in [0.2, 0.25) is 0 Å². The zero-order chi connectivity index (χ0) is 13.5. The van der Waals surface area contributed by atoms with Crippen LogP contribution in [-0.2, 0) is 10.0 Å². The number of fused-ring (bicyclic) bond motifs is 1. The van der Waals surface area contributed by atoms with Gasteiger partial charge < -0.3 is 0 Å². The molecule has 1 saturated heterocycles. The van der Waals surface area contributed by atoms with Gasteiger partial charge >= 0.3 is 0 Å². The molecule has 1 aliphatic heterocycles. The molecule has 3 rings (SSSR count). The average Bonchev–Trinajstić information content (AvgIpc) is 2.85. The molecule has 0 saturated carbocycles. The van der Waals surface area contributed by atoms with Crippen LogP contribution < -0.4 is 0 Å². The molecule has 2 aromatic heterocycles. The maximum atomic E-state index is 11.6. The van der Waals surface area contributed by atoms with Gasteiger partial charge in [-0.3, -0.25) is 5.10 Å². The Balaban J connectivity index is 1.88. The summed E-state index contributed by atoms with van der Waals surface area (Å²) in [5.74, 6) is 0.163. The van der Waals surface area contributed by atoms with Crippen LogP contribution in [0.1, 0.15) is 24.5 Å². The molecular weight excluding hydrogens is 264 g/mol. The van der Waals surface area contributed by atoms with Gasteiger partial charge in [0.25, 0.3) is 0 Å². The second-order valence-electron chi connectivity index (χ2n) is 5.00. The fourth-order valence-corrected chi connectivity index (χ4v) is 3.47. The molecule has 0 amide bonds. The maximum Gasteiger partial charge on any atom is 0.211 e. The maximum absolute atomic E-state index is 11.6. The van der Waals surface area contributed by atoms with Crippen LogP contribution in [0.4, 0.5) is 0 Å². The number of nitrogens with one attached hydrogen (secondary N) is 1. The lowest BCUT2D eigenvalue weighted by molar-refractivity contribution is 0.315. The van der Waals surface area contributed by atoms with Crippen molar-refractivity contribution in [2.24, 2.45) is 0 Å². The summed E-state index contributed by atoms with van der Waals surface area (Å²) in [4.78, 5) is 4.54. The largest absolute Gasteiger partial charge is 0.261 e. The summed E-state index contributed by atoms with van der Waals surface area (Å²) in [6, 6.07) is 3.94. The molecule has 7 heteroatoms. The third kappa shape index (κ3) is 2.48. The number of hydrogen-bond donors (Lipinski definition) is 1. The van der Waals surface area contributed by atoms with Gasteiger partial charge in [0.05, 0.1) is 12.5 Å². The predicted molar refractivity (Wildman–Crippen MR) is 72.3 cm³/mol. The monoisotopic (exact) mass is 280 g/mol. The van der Waals surface area contributed by atoms with Crippen LogP contribution >= 0.6 is 0 Å². The first kappa shape index (κ1) is 12.6. The molecule has 6 nitrogen and oxygen atoms in total. The first-order valence-electron chi connectivity index (χ1n) is 6.29. The number of piperidine rings is 1. The number of pyridine rings is 1. The lowest BCUT2D eigenvalue weighted by Crippen LogP contribution is -2.38. The Hall–Kier alpha value is -1.47. The van der Waals surface area contributed by atoms with Crippen molar-refractivity contribution in [3.63, 3.8) is 0 Å². The Labute approximate surface area is 111 Å². The summed E-state index contributed by atoms with van der Waals surface area (Å²) in [7, 11) is -3.11. The van der Waals surface area contributed by atoms with Gasteiger partial charge in [0.2, 0.25) is 10.0 Å². The Morgan fingerprint density at radius 3 is 3.05 bits per heavy atom. The number of aromatic nitrogens is 3. The van der Waals surface area contributed by atoms with E-state index in [1.807, 2.05) is 12.1 Å². The van der Waals surface area contributed by atoms with E-state index in [2.05, 4.69) is 15.2 Å². The molecule has 19 heavy (non-hydrogen) atoms. The highest BCUT2D eigenvalue weighted by molar-refractivity contribution is 7.88. The Morgan fingerprint density at radius 2 is 2.26 bits per heavy atom. The molecule has 0 radical (unpaired) electrons. The van der Waals surface area contributed by atoms with Crippen molar-refractivity contribution in [1.29, 1.82) is 0 Å². The summed E-state index contributed by atoms with van der Waals surface area (Å²) in [6.45, 7) is 1.13. The second-order valence-corrected chi connectivity index (χ2v) is 6.99. The summed E-state index contributed by atoms with van der Waals surface area (Å²) in [5, 5.41) is 7.77. The van der Waals surface area contributed by atoms with Crippen LogP contribution in [0.3, 0.4) is 0 Å². The minimum absolute atomic E-state index is 0.163. The highest BCUT2D eigenvalue weighted by atomic mass is 32.2. The number of hydrogen-bond acceptors (Lipinski definition) is 4. The molecule has 1 fully saturated rings. The fourth-order valence-electron chi connectivity index (χ4n) is 2.55. The molecule has 1 N–H and O–H groups in total. The van der Waals surface area contributed by atoms with Crippen LogP contribution in [0.5, 0.6) is 0 Å². The summed E-state index contributed by atoms with van der Waals surface area (Å²) >= 11 is 0. The predicted octanol–water partition coefficient (Wildman–Crippen LogP) is 1.10. The van der Waals surface area contributed by atoms with Crippen LogP contribution in [0.25, 0.3) is 11.0 Å². The smallest absolute Gasteiger partial charge is 0.211 e. The van der Waals surface area contributed by atoms with E-state index in [9.17, 15) is 8.42 Å². The highest BCUT2D eigenvalue weighted by Crippen LogP contribution is 2.27. The SMILES string of the molecule is CS(=O)(=O)N1CCCC(c2ccc3cn[nH]c3n2)C1. The lowest BCUT2D eigenvalue weighted by Gasteiger charge is -2.30. The number of aromatic amines is 1. The first-order chi connectivity index (χ1) is 9.04. The van der Waals surface area contributed by atoms with Gasteiger partial charge in [0, 0.05) is 30.1 Å². The molecule has 3 heterocycles. The second kappa shape index (κ2) is 4.57. The number of H-pyrrole nitrogens is 1. The van der Waals surface area contributed by atoms with Crippen molar-refractivity contribution in [2.45, 2.75) is 18.8 Å². The van der Waals surface area contributed by atoms with E-state index in [0.29, 0.717) is 13.1 Å². The van der Waals surface area contributed by atoms with Crippen LogP contribution in [0, 0.1) is 0 Å². The van der Waals surface area contributed by atoms with E-state index in [-0.39, 0.29) is 5.92 Å². The van der Waals surface area contributed by atoms with Gasteiger partial charge in [0.1, 0.15) is 0 Å². The van der Waals surface area contributed by atoms with Crippen molar-refractivity contribution >= 4 is 21.1 Å². The number of rotatable bonds is 2. The Morgan fingerprint density at radius 1 is 1.42 bits per heavy atom. The average molecular weight is 280 g/mol. The van der Waals surface area contributed by atoms with Gasteiger partial charge in [-0.05, 0) is 25.0 Å². The zero-order valence-electron chi connectivity index (χ0n) is 10.7. The number of sulfonamides is 1. The standard InChI is InChI=1S/C12H16N4O2S/c1-19(17,18)16-6-2-3-10(8-16)11-5-4-9-7-13-15-12(9)14-11/h4-5,7,10H,2-3,6,8H2,1H3,(H,13,14,15). The summed E-state index contributed by atoms with van der Waals surface area (Å²) < 4.78 is 24.8. The molecule has 0 aliphatic carbocycles. The summed E-state index contributed by atoms with van der Waals surface area (Å²) in [6.07, 6.45) is 4.84. The minimum atomic E-state index is -3.11. The highest BCUT2D eigenvalue weighted by Gasteiger charge is 2.27. The normalized spacial score (nSPS) is 21.8. The van der Waals surface area contributed by atoms with Gasteiger partial charge in [-0.15, -0.1) is 0 Å². The topological polar surface area (TPSA) is 79.0 Å².